The van der Waals surface area contributed by atoms with E-state index in [9.17, 15) is 0 Å². The van der Waals surface area contributed by atoms with Gasteiger partial charge in [0.05, 0.1) is 6.07 Å². The van der Waals surface area contributed by atoms with Gasteiger partial charge >= 0.3 is 0 Å². The highest BCUT2D eigenvalue weighted by molar-refractivity contribution is 5.38. The number of allylic oxidation sites excluding steroid dienone is 6. The Bertz CT molecular complexity index is 288. The maximum absolute atomic E-state index is 8.31. The third-order valence-corrected chi connectivity index (χ3v) is 2.30. The molecule has 0 aromatic rings. The van der Waals surface area contributed by atoms with Crippen molar-refractivity contribution in [3.05, 3.63) is 36.0 Å². The van der Waals surface area contributed by atoms with Gasteiger partial charge in [0.1, 0.15) is 0 Å². The highest BCUT2D eigenvalue weighted by Gasteiger charge is 2.25. The van der Waals surface area contributed by atoms with Gasteiger partial charge in [-0.3, -0.25) is 0 Å². The van der Waals surface area contributed by atoms with E-state index >= 15 is 0 Å². The molecule has 0 saturated carbocycles. The summed E-state index contributed by atoms with van der Waals surface area (Å²) in [6, 6.07) is 2.01. The Morgan fingerprint density at radius 2 is 2.45 bits per heavy atom. The normalized spacial score (nSPS) is 32.8. The van der Waals surface area contributed by atoms with Crippen molar-refractivity contribution in [3.63, 3.8) is 0 Å². The van der Waals surface area contributed by atoms with Crippen LogP contribution in [0.2, 0.25) is 0 Å². The van der Waals surface area contributed by atoms with Crippen LogP contribution in [0, 0.1) is 23.2 Å². The quantitative estimate of drug-likeness (QED) is 0.407. The summed E-state index contributed by atoms with van der Waals surface area (Å²) >= 11 is 0. The van der Waals surface area contributed by atoms with Crippen LogP contribution in [0.3, 0.4) is 0 Å². The van der Waals surface area contributed by atoms with Crippen LogP contribution in [0.1, 0.15) is 6.42 Å². The van der Waals surface area contributed by atoms with Crippen molar-refractivity contribution in [1.82, 2.24) is 0 Å². The van der Waals surface area contributed by atoms with Crippen LogP contribution in [0.25, 0.3) is 0 Å². The van der Waals surface area contributed by atoms with Crippen molar-refractivity contribution >= 4 is 0 Å². The molecule has 0 aliphatic heterocycles. The maximum atomic E-state index is 8.31. The van der Waals surface area contributed by atoms with Crippen LogP contribution < -0.4 is 0 Å². The van der Waals surface area contributed by atoms with Crippen molar-refractivity contribution < 1.29 is 0 Å². The molecule has 2 aliphatic rings. The minimum Gasteiger partial charge on any atom is -0.193 e. The standard InChI is InChI=1S/C10H9N/c11-5-1-2-9-6-8-3-4-10(9)7-8/h1-4,6,8,10H,7H2. The fourth-order valence-electron chi connectivity index (χ4n) is 1.78. The first kappa shape index (κ1) is 6.42. The molecule has 0 heterocycles. The number of hydrogen-bond donors (Lipinski definition) is 0. The molecule has 0 N–H and O–H groups in total. The molecule has 0 aromatic carbocycles. The molecule has 1 heteroatoms. The van der Waals surface area contributed by atoms with Crippen molar-refractivity contribution in [1.29, 1.82) is 5.26 Å². The smallest absolute Gasteiger partial charge is 0.0912 e. The van der Waals surface area contributed by atoms with Gasteiger partial charge in [-0.15, -0.1) is 0 Å². The largest absolute Gasteiger partial charge is 0.193 e. The van der Waals surface area contributed by atoms with Gasteiger partial charge in [-0.05, 0) is 24.0 Å². The van der Waals surface area contributed by atoms with E-state index in [2.05, 4.69) is 18.2 Å². The van der Waals surface area contributed by atoms with Gasteiger partial charge < -0.3 is 0 Å². The third-order valence-electron chi connectivity index (χ3n) is 2.30. The molecule has 2 bridgehead atoms. The Labute approximate surface area is 66.3 Å². The Hall–Kier alpha value is -1.29. The third kappa shape index (κ3) is 1.01. The molecule has 0 aromatic heterocycles. The zero-order valence-electron chi connectivity index (χ0n) is 6.20. The molecule has 1 nitrogen and oxygen atoms in total. The minimum atomic E-state index is 0.601. The summed E-state index contributed by atoms with van der Waals surface area (Å²) in [7, 11) is 0. The first-order chi connectivity index (χ1) is 5.40. The molecule has 0 fully saturated rings. The van der Waals surface area contributed by atoms with Crippen molar-refractivity contribution in [3.8, 4) is 6.07 Å². The summed E-state index contributed by atoms with van der Waals surface area (Å²) in [6.45, 7) is 0. The van der Waals surface area contributed by atoms with Crippen molar-refractivity contribution in [2.24, 2.45) is 11.8 Å². The Balaban J connectivity index is 2.15. The number of rotatable bonds is 1. The summed E-state index contributed by atoms with van der Waals surface area (Å²) in [5, 5.41) is 8.31. The topological polar surface area (TPSA) is 23.8 Å². The average molecular weight is 143 g/mol. The van der Waals surface area contributed by atoms with Crippen molar-refractivity contribution in [2.45, 2.75) is 6.42 Å². The first-order valence-electron chi connectivity index (χ1n) is 3.86. The predicted octanol–water partition coefficient (Wildman–Crippen LogP) is 2.20. The summed E-state index contributed by atoms with van der Waals surface area (Å²) in [5.74, 6) is 1.25. The second-order valence-electron chi connectivity index (χ2n) is 3.02. The van der Waals surface area contributed by atoms with E-state index in [0.29, 0.717) is 11.8 Å². The molecular weight excluding hydrogens is 134 g/mol. The Morgan fingerprint density at radius 1 is 1.55 bits per heavy atom. The lowest BCUT2D eigenvalue weighted by atomic mass is 10.0. The van der Waals surface area contributed by atoms with E-state index in [-0.39, 0.29) is 0 Å². The van der Waals surface area contributed by atoms with E-state index in [1.165, 1.54) is 12.0 Å². The highest BCUT2D eigenvalue weighted by Crippen LogP contribution is 2.38. The van der Waals surface area contributed by atoms with Gasteiger partial charge in [0, 0.05) is 12.0 Å². The zero-order chi connectivity index (χ0) is 7.68. The van der Waals surface area contributed by atoms with E-state index < -0.39 is 0 Å². The van der Waals surface area contributed by atoms with Crippen LogP contribution in [0.15, 0.2) is 36.0 Å². The van der Waals surface area contributed by atoms with Gasteiger partial charge in [0.2, 0.25) is 0 Å². The molecule has 11 heavy (non-hydrogen) atoms. The first-order valence-corrected chi connectivity index (χ1v) is 3.86. The summed E-state index contributed by atoms with van der Waals surface area (Å²) < 4.78 is 0. The molecule has 2 rings (SSSR count). The highest BCUT2D eigenvalue weighted by atomic mass is 14.3. The molecule has 0 saturated heterocycles. The van der Waals surface area contributed by atoms with Crippen LogP contribution >= 0.6 is 0 Å². The molecule has 2 unspecified atom stereocenters. The molecular formula is C10H9N. The fraction of sp³-hybridized carbons (Fsp3) is 0.300. The van der Waals surface area contributed by atoms with Crippen molar-refractivity contribution in [2.75, 3.05) is 0 Å². The van der Waals surface area contributed by atoms with Gasteiger partial charge in [-0.25, -0.2) is 0 Å². The Morgan fingerprint density at radius 3 is 3.00 bits per heavy atom. The van der Waals surface area contributed by atoms with E-state index in [1.807, 2.05) is 12.1 Å². The molecule has 54 valence electrons. The van der Waals surface area contributed by atoms with E-state index in [1.54, 1.807) is 6.08 Å². The lowest BCUT2D eigenvalue weighted by Gasteiger charge is -2.01. The van der Waals surface area contributed by atoms with E-state index in [4.69, 9.17) is 5.26 Å². The minimum absolute atomic E-state index is 0.601. The SMILES string of the molecule is N#CC=CC1=CC2C=CC1C2. The predicted molar refractivity (Wildman–Crippen MR) is 43.6 cm³/mol. The van der Waals surface area contributed by atoms with E-state index in [0.717, 1.165) is 0 Å². The van der Waals surface area contributed by atoms with Crippen LogP contribution in [-0.4, -0.2) is 0 Å². The summed E-state index contributed by atoms with van der Waals surface area (Å²) in [4.78, 5) is 0. The molecule has 0 radical (unpaired) electrons. The fourth-order valence-corrected chi connectivity index (χ4v) is 1.78. The Kier molecular flexibility index (Phi) is 1.40. The van der Waals surface area contributed by atoms with Crippen LogP contribution in [0.4, 0.5) is 0 Å². The average Bonchev–Trinajstić information content (AvgIpc) is 2.60. The number of hydrogen-bond acceptors (Lipinski definition) is 1. The van der Waals surface area contributed by atoms with Gasteiger partial charge in [-0.1, -0.05) is 18.2 Å². The van der Waals surface area contributed by atoms with Gasteiger partial charge in [0.15, 0.2) is 0 Å². The van der Waals surface area contributed by atoms with Gasteiger partial charge in [0.25, 0.3) is 0 Å². The second kappa shape index (κ2) is 2.39. The lowest BCUT2D eigenvalue weighted by molar-refractivity contribution is 0.721. The van der Waals surface area contributed by atoms with Crippen LogP contribution in [-0.2, 0) is 0 Å². The molecule has 0 spiro atoms. The monoisotopic (exact) mass is 143 g/mol. The summed E-state index contributed by atoms with van der Waals surface area (Å²) in [6.07, 6.45) is 11.4. The molecule has 2 aliphatic carbocycles. The van der Waals surface area contributed by atoms with Crippen LogP contribution in [0.5, 0.6) is 0 Å². The number of fused-ring (bicyclic) bond motifs is 2. The van der Waals surface area contributed by atoms with Gasteiger partial charge in [-0.2, -0.15) is 5.26 Å². The zero-order valence-corrected chi connectivity index (χ0v) is 6.20. The number of nitrogens with zero attached hydrogens (tertiary/aromatic N) is 1. The number of nitriles is 1. The summed E-state index contributed by atoms with van der Waals surface area (Å²) in [5.41, 5.74) is 1.32. The second-order valence-corrected chi connectivity index (χ2v) is 3.02. The lowest BCUT2D eigenvalue weighted by Crippen LogP contribution is -1.88. The molecule has 2 atom stereocenters. The molecule has 0 amide bonds. The maximum Gasteiger partial charge on any atom is 0.0912 e.